The van der Waals surface area contributed by atoms with E-state index in [2.05, 4.69) is 10.6 Å². The van der Waals surface area contributed by atoms with Crippen LogP contribution in [0.3, 0.4) is 0 Å². The minimum atomic E-state index is -0.343. The molecule has 0 bridgehead atoms. The SMILES string of the molecule is Cc1c(F)cccc1NC(=O)C1CCC(=O)NC1. The Morgan fingerprint density at radius 1 is 1.50 bits per heavy atom. The number of halogens is 1. The van der Waals surface area contributed by atoms with Crippen molar-refractivity contribution < 1.29 is 14.0 Å². The summed E-state index contributed by atoms with van der Waals surface area (Å²) in [6.45, 7) is 1.96. The maximum atomic E-state index is 13.3. The molecular weight excluding hydrogens is 235 g/mol. The van der Waals surface area contributed by atoms with Crippen LogP contribution in [-0.4, -0.2) is 18.4 Å². The highest BCUT2D eigenvalue weighted by atomic mass is 19.1. The molecule has 4 nitrogen and oxygen atoms in total. The van der Waals surface area contributed by atoms with E-state index < -0.39 is 0 Å². The zero-order valence-corrected chi connectivity index (χ0v) is 10.1. The number of amides is 2. The minimum Gasteiger partial charge on any atom is -0.355 e. The van der Waals surface area contributed by atoms with Crippen LogP contribution in [0, 0.1) is 18.7 Å². The maximum absolute atomic E-state index is 13.3. The zero-order valence-electron chi connectivity index (χ0n) is 10.1. The summed E-state index contributed by atoms with van der Waals surface area (Å²) in [7, 11) is 0. The molecular formula is C13H15FN2O2. The lowest BCUT2D eigenvalue weighted by Gasteiger charge is -2.22. The maximum Gasteiger partial charge on any atom is 0.229 e. The lowest BCUT2D eigenvalue weighted by Crippen LogP contribution is -2.40. The molecule has 5 heteroatoms. The molecule has 2 amide bonds. The molecule has 2 N–H and O–H groups in total. The van der Waals surface area contributed by atoms with Crippen molar-refractivity contribution in [1.29, 1.82) is 0 Å². The quantitative estimate of drug-likeness (QED) is 0.837. The van der Waals surface area contributed by atoms with Crippen molar-refractivity contribution in [1.82, 2.24) is 5.32 Å². The van der Waals surface area contributed by atoms with Gasteiger partial charge in [-0.2, -0.15) is 0 Å². The Labute approximate surface area is 105 Å². The van der Waals surface area contributed by atoms with E-state index >= 15 is 0 Å². The number of piperidine rings is 1. The standard InChI is InChI=1S/C13H15FN2O2/c1-8-10(14)3-2-4-11(8)16-13(18)9-5-6-12(17)15-7-9/h2-4,9H,5-7H2,1H3,(H,15,17)(H,16,18). The summed E-state index contributed by atoms with van der Waals surface area (Å²) in [5, 5.41) is 5.36. The largest absolute Gasteiger partial charge is 0.355 e. The first-order valence-corrected chi connectivity index (χ1v) is 5.90. The van der Waals surface area contributed by atoms with Gasteiger partial charge < -0.3 is 10.6 Å². The second-order valence-electron chi connectivity index (χ2n) is 4.44. The van der Waals surface area contributed by atoms with Crippen molar-refractivity contribution in [2.24, 2.45) is 5.92 Å². The van der Waals surface area contributed by atoms with E-state index in [9.17, 15) is 14.0 Å². The predicted octanol–water partition coefficient (Wildman–Crippen LogP) is 1.60. The smallest absolute Gasteiger partial charge is 0.229 e. The third-order valence-corrected chi connectivity index (χ3v) is 3.16. The highest BCUT2D eigenvalue weighted by Crippen LogP contribution is 2.19. The van der Waals surface area contributed by atoms with E-state index in [1.807, 2.05) is 0 Å². The van der Waals surface area contributed by atoms with Crippen LogP contribution in [0.5, 0.6) is 0 Å². The van der Waals surface area contributed by atoms with Crippen LogP contribution in [0.15, 0.2) is 18.2 Å². The monoisotopic (exact) mass is 250 g/mol. The Morgan fingerprint density at radius 2 is 2.28 bits per heavy atom. The third-order valence-electron chi connectivity index (χ3n) is 3.16. The van der Waals surface area contributed by atoms with Crippen molar-refractivity contribution in [2.75, 3.05) is 11.9 Å². The molecule has 1 atom stereocenters. The first kappa shape index (κ1) is 12.5. The first-order chi connectivity index (χ1) is 8.58. The summed E-state index contributed by atoms with van der Waals surface area (Å²) in [5.74, 6) is -0.792. The summed E-state index contributed by atoms with van der Waals surface area (Å²) in [4.78, 5) is 22.9. The number of hydrogen-bond acceptors (Lipinski definition) is 2. The lowest BCUT2D eigenvalue weighted by atomic mass is 9.98. The number of carbonyl (C=O) groups excluding carboxylic acids is 2. The van der Waals surface area contributed by atoms with Gasteiger partial charge in [0.1, 0.15) is 5.82 Å². The molecule has 1 aliphatic heterocycles. The Morgan fingerprint density at radius 3 is 2.94 bits per heavy atom. The molecule has 18 heavy (non-hydrogen) atoms. The molecule has 1 saturated heterocycles. The number of anilines is 1. The number of nitrogens with one attached hydrogen (secondary N) is 2. The Kier molecular flexibility index (Phi) is 3.60. The van der Waals surface area contributed by atoms with Gasteiger partial charge in [0.15, 0.2) is 0 Å². The summed E-state index contributed by atoms with van der Waals surface area (Å²) in [6.07, 6.45) is 0.895. The Balaban J connectivity index is 2.03. The predicted molar refractivity (Wildman–Crippen MR) is 65.5 cm³/mol. The average molecular weight is 250 g/mol. The normalized spacial score (nSPS) is 19.2. The van der Waals surface area contributed by atoms with Crippen molar-refractivity contribution in [3.8, 4) is 0 Å². The van der Waals surface area contributed by atoms with E-state index in [0.717, 1.165) is 0 Å². The van der Waals surface area contributed by atoms with Gasteiger partial charge in [-0.3, -0.25) is 9.59 Å². The number of hydrogen-bond donors (Lipinski definition) is 2. The summed E-state index contributed by atoms with van der Waals surface area (Å²) in [5.41, 5.74) is 0.905. The van der Waals surface area contributed by atoms with Crippen molar-refractivity contribution >= 4 is 17.5 Å². The van der Waals surface area contributed by atoms with Crippen molar-refractivity contribution in [2.45, 2.75) is 19.8 Å². The minimum absolute atomic E-state index is 0.0269. The van der Waals surface area contributed by atoms with Gasteiger partial charge in [0.05, 0.1) is 5.92 Å². The van der Waals surface area contributed by atoms with Gasteiger partial charge >= 0.3 is 0 Å². The van der Waals surface area contributed by atoms with Crippen LogP contribution in [0.4, 0.5) is 10.1 Å². The molecule has 1 aromatic carbocycles. The molecule has 0 spiro atoms. The lowest BCUT2D eigenvalue weighted by molar-refractivity contribution is -0.126. The van der Waals surface area contributed by atoms with Crippen molar-refractivity contribution in [3.05, 3.63) is 29.6 Å². The molecule has 2 rings (SSSR count). The highest BCUT2D eigenvalue weighted by Gasteiger charge is 2.24. The fourth-order valence-electron chi connectivity index (χ4n) is 1.93. The fraction of sp³-hybridized carbons (Fsp3) is 0.385. The fourth-order valence-corrected chi connectivity index (χ4v) is 1.93. The van der Waals surface area contributed by atoms with Gasteiger partial charge in [0.25, 0.3) is 0 Å². The van der Waals surface area contributed by atoms with E-state index in [0.29, 0.717) is 30.6 Å². The second kappa shape index (κ2) is 5.16. The summed E-state index contributed by atoms with van der Waals surface area (Å²) >= 11 is 0. The molecule has 0 aliphatic carbocycles. The molecule has 1 heterocycles. The van der Waals surface area contributed by atoms with Gasteiger partial charge in [-0.15, -0.1) is 0 Å². The topological polar surface area (TPSA) is 58.2 Å². The summed E-state index contributed by atoms with van der Waals surface area (Å²) in [6, 6.07) is 4.57. The van der Waals surface area contributed by atoms with Crippen LogP contribution in [0.2, 0.25) is 0 Å². The second-order valence-corrected chi connectivity index (χ2v) is 4.44. The Bertz CT molecular complexity index is 478. The molecule has 0 aromatic heterocycles. The third kappa shape index (κ3) is 2.67. The van der Waals surface area contributed by atoms with Crippen LogP contribution in [-0.2, 0) is 9.59 Å². The van der Waals surface area contributed by atoms with E-state index in [1.54, 1.807) is 19.1 Å². The average Bonchev–Trinajstić information content (AvgIpc) is 2.36. The highest BCUT2D eigenvalue weighted by molar-refractivity contribution is 5.94. The van der Waals surface area contributed by atoms with Gasteiger partial charge in [-0.05, 0) is 25.5 Å². The molecule has 1 aliphatic rings. The first-order valence-electron chi connectivity index (χ1n) is 5.90. The molecule has 96 valence electrons. The van der Waals surface area contributed by atoms with Crippen LogP contribution < -0.4 is 10.6 Å². The molecule has 1 unspecified atom stereocenters. The molecule has 0 saturated carbocycles. The Hall–Kier alpha value is -1.91. The van der Waals surface area contributed by atoms with E-state index in [1.165, 1.54) is 6.07 Å². The molecule has 0 radical (unpaired) electrons. The number of rotatable bonds is 2. The van der Waals surface area contributed by atoms with E-state index in [-0.39, 0.29) is 23.5 Å². The van der Waals surface area contributed by atoms with Crippen molar-refractivity contribution in [3.63, 3.8) is 0 Å². The van der Waals surface area contributed by atoms with Crippen LogP contribution in [0.1, 0.15) is 18.4 Å². The van der Waals surface area contributed by atoms with Gasteiger partial charge in [0, 0.05) is 24.2 Å². The zero-order chi connectivity index (χ0) is 13.1. The van der Waals surface area contributed by atoms with Gasteiger partial charge in [-0.1, -0.05) is 6.07 Å². The van der Waals surface area contributed by atoms with Gasteiger partial charge in [-0.25, -0.2) is 4.39 Å². The number of carbonyl (C=O) groups is 2. The van der Waals surface area contributed by atoms with Crippen LogP contribution in [0.25, 0.3) is 0 Å². The van der Waals surface area contributed by atoms with Gasteiger partial charge in [0.2, 0.25) is 11.8 Å². The number of benzene rings is 1. The molecule has 1 aromatic rings. The van der Waals surface area contributed by atoms with E-state index in [4.69, 9.17) is 0 Å². The molecule has 1 fully saturated rings. The van der Waals surface area contributed by atoms with Crippen LogP contribution >= 0.6 is 0 Å². The summed E-state index contributed by atoms with van der Waals surface area (Å²) < 4.78 is 13.3.